The molecule has 4 N–H and O–H groups in total. The molecule has 1 unspecified atom stereocenters. The van der Waals surface area contributed by atoms with Crippen LogP contribution in [0.1, 0.15) is 24.8 Å². The van der Waals surface area contributed by atoms with Crippen molar-refractivity contribution in [2.45, 2.75) is 19.3 Å². The van der Waals surface area contributed by atoms with Crippen LogP contribution in [0.2, 0.25) is 0 Å². The fourth-order valence-corrected chi connectivity index (χ4v) is 1.99. The van der Waals surface area contributed by atoms with Gasteiger partial charge < -0.3 is 16.2 Å². The molecule has 0 saturated heterocycles. The number of rotatable bonds is 6. The van der Waals surface area contributed by atoms with Gasteiger partial charge in [0.1, 0.15) is 5.75 Å². The number of ether oxygens (including phenoxy) is 1. The molecule has 0 fully saturated rings. The van der Waals surface area contributed by atoms with Gasteiger partial charge in [-0.1, -0.05) is 25.1 Å². The van der Waals surface area contributed by atoms with Crippen LogP contribution in [0.4, 0.5) is 0 Å². The van der Waals surface area contributed by atoms with Gasteiger partial charge in [-0.15, -0.1) is 0 Å². The molecule has 0 radical (unpaired) electrons. The van der Waals surface area contributed by atoms with Gasteiger partial charge in [0.05, 0.1) is 7.11 Å². The second-order valence-corrected chi connectivity index (χ2v) is 4.22. The Morgan fingerprint density at radius 2 is 1.81 bits per heavy atom. The van der Waals surface area contributed by atoms with Crippen molar-refractivity contribution in [2.75, 3.05) is 20.2 Å². The molecule has 0 aliphatic heterocycles. The lowest BCUT2D eigenvalue weighted by atomic mass is 9.89. The molecule has 16 heavy (non-hydrogen) atoms. The highest BCUT2D eigenvalue weighted by molar-refractivity contribution is 5.35. The maximum atomic E-state index is 5.67. The van der Waals surface area contributed by atoms with E-state index in [1.165, 1.54) is 5.56 Å². The molecule has 0 aliphatic rings. The first-order valence-electron chi connectivity index (χ1n) is 5.76. The van der Waals surface area contributed by atoms with Crippen molar-refractivity contribution >= 4 is 0 Å². The number of benzene rings is 1. The Hall–Kier alpha value is -1.06. The third kappa shape index (κ3) is 3.22. The van der Waals surface area contributed by atoms with E-state index in [1.54, 1.807) is 7.11 Å². The van der Waals surface area contributed by atoms with Crippen LogP contribution in [0.25, 0.3) is 0 Å². The van der Waals surface area contributed by atoms with E-state index in [0.29, 0.717) is 24.9 Å². The van der Waals surface area contributed by atoms with Crippen molar-refractivity contribution in [1.29, 1.82) is 0 Å². The lowest BCUT2D eigenvalue weighted by Crippen LogP contribution is -2.24. The van der Waals surface area contributed by atoms with Gasteiger partial charge >= 0.3 is 0 Å². The quantitative estimate of drug-likeness (QED) is 0.770. The molecule has 0 aromatic heterocycles. The van der Waals surface area contributed by atoms with Crippen LogP contribution in [0.5, 0.6) is 5.75 Å². The SMILES string of the molecule is COc1ccccc1C(C)CC(CN)CN. The largest absolute Gasteiger partial charge is 0.496 e. The summed E-state index contributed by atoms with van der Waals surface area (Å²) >= 11 is 0. The first kappa shape index (κ1) is 13.0. The Bertz CT molecular complexity index is 311. The van der Waals surface area contributed by atoms with Crippen LogP contribution in [0.3, 0.4) is 0 Å². The molecule has 1 aromatic rings. The monoisotopic (exact) mass is 222 g/mol. The van der Waals surface area contributed by atoms with E-state index < -0.39 is 0 Å². The predicted molar refractivity (Wildman–Crippen MR) is 67.6 cm³/mol. The van der Waals surface area contributed by atoms with Gasteiger partial charge in [0.2, 0.25) is 0 Å². The van der Waals surface area contributed by atoms with Gasteiger partial charge in [0, 0.05) is 0 Å². The summed E-state index contributed by atoms with van der Waals surface area (Å²) in [4.78, 5) is 0. The van der Waals surface area contributed by atoms with Crippen LogP contribution in [-0.2, 0) is 0 Å². The second-order valence-electron chi connectivity index (χ2n) is 4.22. The van der Waals surface area contributed by atoms with E-state index in [1.807, 2.05) is 18.2 Å². The molecular weight excluding hydrogens is 200 g/mol. The molecule has 3 heteroatoms. The lowest BCUT2D eigenvalue weighted by Gasteiger charge is -2.20. The van der Waals surface area contributed by atoms with Crippen LogP contribution < -0.4 is 16.2 Å². The summed E-state index contributed by atoms with van der Waals surface area (Å²) in [6.45, 7) is 3.49. The van der Waals surface area contributed by atoms with Gasteiger partial charge in [0.25, 0.3) is 0 Å². The Morgan fingerprint density at radius 1 is 1.19 bits per heavy atom. The second kappa shape index (κ2) is 6.51. The standard InChI is InChI=1S/C13H22N2O/c1-10(7-11(8-14)9-15)12-5-3-4-6-13(12)16-2/h3-6,10-11H,7-9,14-15H2,1-2H3. The van der Waals surface area contributed by atoms with Crippen molar-refractivity contribution in [2.24, 2.45) is 17.4 Å². The summed E-state index contributed by atoms with van der Waals surface area (Å²) in [5.41, 5.74) is 12.6. The Kier molecular flexibility index (Phi) is 5.29. The van der Waals surface area contributed by atoms with Crippen LogP contribution in [-0.4, -0.2) is 20.2 Å². The molecule has 0 amide bonds. The van der Waals surface area contributed by atoms with Crippen molar-refractivity contribution in [1.82, 2.24) is 0 Å². The van der Waals surface area contributed by atoms with Crippen molar-refractivity contribution in [3.8, 4) is 5.75 Å². The molecule has 1 aromatic carbocycles. The topological polar surface area (TPSA) is 61.3 Å². The number of nitrogens with two attached hydrogens (primary N) is 2. The molecule has 0 bridgehead atoms. The third-order valence-electron chi connectivity index (χ3n) is 3.02. The maximum Gasteiger partial charge on any atom is 0.122 e. The van der Waals surface area contributed by atoms with Crippen LogP contribution in [0.15, 0.2) is 24.3 Å². The molecule has 0 saturated carbocycles. The minimum atomic E-state index is 0.389. The lowest BCUT2D eigenvalue weighted by molar-refractivity contribution is 0.397. The highest BCUT2D eigenvalue weighted by Crippen LogP contribution is 2.30. The molecule has 3 nitrogen and oxygen atoms in total. The molecule has 0 heterocycles. The molecule has 0 aliphatic carbocycles. The van der Waals surface area contributed by atoms with Gasteiger partial charge in [0.15, 0.2) is 0 Å². The zero-order chi connectivity index (χ0) is 12.0. The van der Waals surface area contributed by atoms with E-state index in [2.05, 4.69) is 13.0 Å². The average Bonchev–Trinajstić information content (AvgIpc) is 2.35. The van der Waals surface area contributed by atoms with Crippen molar-refractivity contribution < 1.29 is 4.74 Å². The highest BCUT2D eigenvalue weighted by Gasteiger charge is 2.15. The molecule has 90 valence electrons. The maximum absolute atomic E-state index is 5.67. The molecule has 1 atom stereocenters. The third-order valence-corrected chi connectivity index (χ3v) is 3.02. The summed E-state index contributed by atoms with van der Waals surface area (Å²) < 4.78 is 5.35. The molecule has 0 spiro atoms. The molecule has 1 rings (SSSR count). The Morgan fingerprint density at radius 3 is 2.38 bits per heavy atom. The molecular formula is C13H22N2O. The van der Waals surface area contributed by atoms with E-state index >= 15 is 0 Å². The van der Waals surface area contributed by atoms with E-state index in [9.17, 15) is 0 Å². The average molecular weight is 222 g/mol. The first-order valence-corrected chi connectivity index (χ1v) is 5.76. The normalized spacial score (nSPS) is 12.8. The predicted octanol–water partition coefficient (Wildman–Crippen LogP) is 1.72. The van der Waals surface area contributed by atoms with Gasteiger partial charge in [-0.25, -0.2) is 0 Å². The fraction of sp³-hybridized carbons (Fsp3) is 0.538. The van der Waals surface area contributed by atoms with Gasteiger partial charge in [-0.2, -0.15) is 0 Å². The smallest absolute Gasteiger partial charge is 0.122 e. The van der Waals surface area contributed by atoms with E-state index in [0.717, 1.165) is 12.2 Å². The number of hydrogen-bond donors (Lipinski definition) is 2. The summed E-state index contributed by atoms with van der Waals surface area (Å²) in [7, 11) is 1.70. The minimum Gasteiger partial charge on any atom is -0.496 e. The highest BCUT2D eigenvalue weighted by atomic mass is 16.5. The van der Waals surface area contributed by atoms with Crippen LogP contribution >= 0.6 is 0 Å². The number of para-hydroxylation sites is 1. The Labute approximate surface area is 97.8 Å². The van der Waals surface area contributed by atoms with E-state index in [-0.39, 0.29) is 0 Å². The number of methoxy groups -OCH3 is 1. The van der Waals surface area contributed by atoms with Gasteiger partial charge in [-0.05, 0) is 43.0 Å². The van der Waals surface area contributed by atoms with Gasteiger partial charge in [-0.3, -0.25) is 0 Å². The summed E-state index contributed by atoms with van der Waals surface area (Å²) in [6, 6.07) is 8.12. The van der Waals surface area contributed by atoms with Crippen molar-refractivity contribution in [3.63, 3.8) is 0 Å². The minimum absolute atomic E-state index is 0.389. The zero-order valence-corrected chi connectivity index (χ0v) is 10.1. The van der Waals surface area contributed by atoms with Crippen LogP contribution in [0, 0.1) is 5.92 Å². The summed E-state index contributed by atoms with van der Waals surface area (Å²) in [6.07, 6.45) is 1.01. The first-order chi connectivity index (χ1) is 7.72. The zero-order valence-electron chi connectivity index (χ0n) is 10.1. The number of hydrogen-bond acceptors (Lipinski definition) is 3. The van der Waals surface area contributed by atoms with Crippen molar-refractivity contribution in [3.05, 3.63) is 29.8 Å². The fourth-order valence-electron chi connectivity index (χ4n) is 1.99. The summed E-state index contributed by atoms with van der Waals surface area (Å²) in [5.74, 6) is 1.76. The van der Waals surface area contributed by atoms with E-state index in [4.69, 9.17) is 16.2 Å². The Balaban J connectivity index is 2.75. The summed E-state index contributed by atoms with van der Waals surface area (Å²) in [5, 5.41) is 0.